The number of carbonyl (C=O) groups excluding carboxylic acids is 1. The molecule has 1 amide bonds. The van der Waals surface area contributed by atoms with E-state index in [0.29, 0.717) is 23.7 Å². The van der Waals surface area contributed by atoms with Gasteiger partial charge in [-0.2, -0.15) is 8.78 Å². The summed E-state index contributed by atoms with van der Waals surface area (Å²) in [6.07, 6.45) is 0. The first kappa shape index (κ1) is 20.4. The molecular formula is C19H23F2N2O4+. The highest BCUT2D eigenvalue weighted by Gasteiger charge is 2.13. The molecule has 0 aliphatic rings. The molecule has 27 heavy (non-hydrogen) atoms. The maximum atomic E-state index is 12.2. The van der Waals surface area contributed by atoms with Crippen LogP contribution in [0.4, 0.5) is 14.5 Å². The van der Waals surface area contributed by atoms with Crippen LogP contribution in [0.15, 0.2) is 42.5 Å². The molecule has 2 aromatic carbocycles. The highest BCUT2D eigenvalue weighted by Crippen LogP contribution is 2.27. The van der Waals surface area contributed by atoms with Crippen molar-refractivity contribution in [1.29, 1.82) is 0 Å². The molecule has 6 nitrogen and oxygen atoms in total. The highest BCUT2D eigenvalue weighted by molar-refractivity contribution is 5.91. The number of hydrogen-bond donors (Lipinski definition) is 2. The van der Waals surface area contributed by atoms with Gasteiger partial charge in [0, 0.05) is 11.3 Å². The number of alkyl halides is 2. The van der Waals surface area contributed by atoms with Gasteiger partial charge in [-0.1, -0.05) is 0 Å². The van der Waals surface area contributed by atoms with Gasteiger partial charge in [0.2, 0.25) is 0 Å². The van der Waals surface area contributed by atoms with Gasteiger partial charge in [0.15, 0.2) is 18.0 Å². The lowest BCUT2D eigenvalue weighted by molar-refractivity contribution is -0.885. The number of likely N-dealkylation sites (N-methyl/N-ethyl adjacent to an activating group) is 1. The molecule has 146 valence electrons. The lowest BCUT2D eigenvalue weighted by Crippen LogP contribution is -3.08. The summed E-state index contributed by atoms with van der Waals surface area (Å²) in [5.74, 6) is 1.14. The van der Waals surface area contributed by atoms with Crippen molar-refractivity contribution in [1.82, 2.24) is 0 Å². The van der Waals surface area contributed by atoms with Crippen LogP contribution in [0.3, 0.4) is 0 Å². The van der Waals surface area contributed by atoms with Gasteiger partial charge in [0.1, 0.15) is 12.3 Å². The number of anilines is 1. The molecule has 0 saturated carbocycles. The van der Waals surface area contributed by atoms with Gasteiger partial charge >= 0.3 is 6.61 Å². The number of methoxy groups -OCH3 is 2. The van der Waals surface area contributed by atoms with E-state index >= 15 is 0 Å². The average Bonchev–Trinajstić information content (AvgIpc) is 2.62. The Kier molecular flexibility index (Phi) is 7.36. The Balaban J connectivity index is 1.88. The Morgan fingerprint density at radius 2 is 1.74 bits per heavy atom. The molecule has 2 rings (SSSR count). The maximum Gasteiger partial charge on any atom is 0.387 e. The van der Waals surface area contributed by atoms with Crippen molar-refractivity contribution in [3.8, 4) is 17.2 Å². The van der Waals surface area contributed by atoms with E-state index in [-0.39, 0.29) is 18.2 Å². The SMILES string of the molecule is COc1ccc(C[NH+](C)CC(=O)Nc2ccc(OC(F)F)cc2)cc1OC. The molecule has 2 aromatic rings. The highest BCUT2D eigenvalue weighted by atomic mass is 19.3. The monoisotopic (exact) mass is 381 g/mol. The zero-order valence-electron chi connectivity index (χ0n) is 15.4. The zero-order valence-corrected chi connectivity index (χ0v) is 15.4. The minimum atomic E-state index is -2.88. The van der Waals surface area contributed by atoms with Crippen LogP contribution in [0, 0.1) is 0 Å². The standard InChI is InChI=1S/C19H22F2N2O4/c1-23(11-13-4-9-16(25-2)17(10-13)26-3)12-18(24)22-14-5-7-15(8-6-14)27-19(20)21/h4-10,19H,11-12H2,1-3H3,(H,22,24)/p+1. The fraction of sp³-hybridized carbons (Fsp3) is 0.316. The lowest BCUT2D eigenvalue weighted by Gasteiger charge is -2.15. The zero-order chi connectivity index (χ0) is 19.8. The molecule has 0 heterocycles. The normalized spacial score (nSPS) is 11.8. The van der Waals surface area contributed by atoms with Crippen LogP contribution in [0.25, 0.3) is 0 Å². The first-order chi connectivity index (χ1) is 12.9. The lowest BCUT2D eigenvalue weighted by atomic mass is 10.2. The minimum Gasteiger partial charge on any atom is -0.493 e. The second kappa shape index (κ2) is 9.72. The Bertz CT molecular complexity index is 754. The van der Waals surface area contributed by atoms with Crippen LogP contribution in [0.5, 0.6) is 17.2 Å². The number of benzene rings is 2. The molecule has 0 aliphatic heterocycles. The van der Waals surface area contributed by atoms with Gasteiger partial charge in [0.25, 0.3) is 5.91 Å². The first-order valence-corrected chi connectivity index (χ1v) is 8.28. The van der Waals surface area contributed by atoms with Crippen LogP contribution in [-0.4, -0.2) is 40.3 Å². The number of amides is 1. The quantitative estimate of drug-likeness (QED) is 0.697. The number of rotatable bonds is 9. The van der Waals surface area contributed by atoms with E-state index in [2.05, 4.69) is 10.1 Å². The molecule has 0 spiro atoms. The fourth-order valence-corrected chi connectivity index (χ4v) is 2.60. The third-order valence-corrected chi connectivity index (χ3v) is 3.78. The van der Waals surface area contributed by atoms with Crippen LogP contribution in [0.2, 0.25) is 0 Å². The van der Waals surface area contributed by atoms with Gasteiger partial charge in [-0.25, -0.2) is 0 Å². The van der Waals surface area contributed by atoms with Crippen molar-refractivity contribution >= 4 is 11.6 Å². The summed E-state index contributed by atoms with van der Waals surface area (Å²) >= 11 is 0. The maximum absolute atomic E-state index is 12.2. The second-order valence-electron chi connectivity index (χ2n) is 5.95. The molecule has 0 radical (unpaired) electrons. The molecule has 1 unspecified atom stereocenters. The van der Waals surface area contributed by atoms with E-state index in [1.54, 1.807) is 14.2 Å². The van der Waals surface area contributed by atoms with E-state index in [1.165, 1.54) is 24.3 Å². The van der Waals surface area contributed by atoms with Crippen molar-refractivity contribution in [2.24, 2.45) is 0 Å². The predicted molar refractivity (Wildman–Crippen MR) is 96.7 cm³/mol. The third kappa shape index (κ3) is 6.41. The summed E-state index contributed by atoms with van der Waals surface area (Å²) in [5, 5.41) is 2.73. The number of ether oxygens (including phenoxy) is 3. The largest absolute Gasteiger partial charge is 0.493 e. The molecular weight excluding hydrogens is 358 g/mol. The number of nitrogens with one attached hydrogen (secondary N) is 2. The number of hydrogen-bond acceptors (Lipinski definition) is 4. The van der Waals surface area contributed by atoms with Gasteiger partial charge in [0.05, 0.1) is 21.3 Å². The van der Waals surface area contributed by atoms with Gasteiger partial charge < -0.3 is 24.4 Å². The number of quaternary nitrogens is 1. The summed E-state index contributed by atoms with van der Waals surface area (Å²) in [6.45, 7) is -2.02. The molecule has 0 fully saturated rings. The van der Waals surface area contributed by atoms with Crippen LogP contribution < -0.4 is 24.4 Å². The van der Waals surface area contributed by atoms with Gasteiger partial charge in [-0.05, 0) is 42.5 Å². The molecule has 1 atom stereocenters. The van der Waals surface area contributed by atoms with Gasteiger partial charge in [-0.3, -0.25) is 4.79 Å². The fourth-order valence-electron chi connectivity index (χ4n) is 2.60. The van der Waals surface area contributed by atoms with E-state index < -0.39 is 6.61 Å². The topological polar surface area (TPSA) is 61.2 Å². The minimum absolute atomic E-state index is 0.0409. The van der Waals surface area contributed by atoms with Crippen molar-refractivity contribution < 1.29 is 32.7 Å². The molecule has 0 aliphatic carbocycles. The summed E-state index contributed by atoms with van der Waals surface area (Å²) < 4.78 is 39.0. The summed E-state index contributed by atoms with van der Waals surface area (Å²) in [5.41, 5.74) is 1.52. The van der Waals surface area contributed by atoms with Crippen molar-refractivity contribution in [3.05, 3.63) is 48.0 Å². The second-order valence-corrected chi connectivity index (χ2v) is 5.95. The summed E-state index contributed by atoms with van der Waals surface area (Å²) in [6, 6.07) is 11.4. The van der Waals surface area contributed by atoms with Crippen molar-refractivity contribution in [2.75, 3.05) is 33.1 Å². The predicted octanol–water partition coefficient (Wildman–Crippen LogP) is 1.96. The molecule has 2 N–H and O–H groups in total. The molecule has 0 aromatic heterocycles. The number of halogens is 2. The number of carbonyl (C=O) groups is 1. The Morgan fingerprint density at radius 3 is 2.33 bits per heavy atom. The average molecular weight is 381 g/mol. The third-order valence-electron chi connectivity index (χ3n) is 3.78. The Hall–Kier alpha value is -2.87. The van der Waals surface area contributed by atoms with E-state index in [4.69, 9.17) is 9.47 Å². The Labute approximate surface area is 156 Å². The van der Waals surface area contributed by atoms with Crippen molar-refractivity contribution in [2.45, 2.75) is 13.2 Å². The van der Waals surface area contributed by atoms with E-state index in [0.717, 1.165) is 10.5 Å². The Morgan fingerprint density at radius 1 is 1.07 bits per heavy atom. The van der Waals surface area contributed by atoms with Gasteiger partial charge in [-0.15, -0.1) is 0 Å². The summed E-state index contributed by atoms with van der Waals surface area (Å²) in [4.78, 5) is 13.1. The van der Waals surface area contributed by atoms with E-state index in [1.807, 2.05) is 25.2 Å². The molecule has 0 saturated heterocycles. The van der Waals surface area contributed by atoms with Crippen molar-refractivity contribution in [3.63, 3.8) is 0 Å². The summed E-state index contributed by atoms with van der Waals surface area (Å²) in [7, 11) is 5.05. The molecule has 0 bridgehead atoms. The van der Waals surface area contributed by atoms with Crippen LogP contribution >= 0.6 is 0 Å². The van der Waals surface area contributed by atoms with Crippen LogP contribution in [0.1, 0.15) is 5.56 Å². The van der Waals surface area contributed by atoms with Crippen LogP contribution in [-0.2, 0) is 11.3 Å². The smallest absolute Gasteiger partial charge is 0.387 e. The molecule has 8 heteroatoms. The van der Waals surface area contributed by atoms with E-state index in [9.17, 15) is 13.6 Å². The first-order valence-electron chi connectivity index (χ1n) is 8.28.